The van der Waals surface area contributed by atoms with Crippen molar-refractivity contribution in [3.63, 3.8) is 0 Å². The molecule has 9 atom stereocenters. The van der Waals surface area contributed by atoms with Crippen LogP contribution in [0.1, 0.15) is 208 Å². The summed E-state index contributed by atoms with van der Waals surface area (Å²) in [5.74, 6) is 3.45. The van der Waals surface area contributed by atoms with Crippen molar-refractivity contribution in [2.75, 3.05) is 86.3 Å². The smallest absolute Gasteiger partial charge is 0.855 e. The van der Waals surface area contributed by atoms with E-state index in [9.17, 15) is 50.4 Å². The number of alkyl halides is 3. The SMILES string of the molecule is CCC1=C(OS(=O)(=O)C(F)(F)F)C(C)CN(C(=O)OC(C)(C)C)C1.CCC1=C(c2ccc(OC)cc2)C(C)CN(C(=O)OC(C)(C)C)C1.CCC1CN(C(=O)OC(C)(C)C)CC(C)C1=O.CCC1CNCC(C)C1=O.CC[C@H]1CN(C(=O)OC(C)(C)C)CC(C)[C@H]1c1ccc(OC)cc1.CC[O-].Cl.O=C=O.O=C=O.O=C=O.O=C=O.O=C=O.[Na+]. The van der Waals surface area contributed by atoms with Crippen LogP contribution in [0.5, 0.6) is 11.5 Å². The summed E-state index contributed by atoms with van der Waals surface area (Å²) in [6.45, 7) is 48.9. The largest absolute Gasteiger partial charge is 1.00 e. The number of nitrogens with one attached hydrogen (secondary N) is 1. The van der Waals surface area contributed by atoms with E-state index in [0.717, 1.165) is 63.4 Å². The van der Waals surface area contributed by atoms with Crippen LogP contribution in [0.25, 0.3) is 5.57 Å². The van der Waals surface area contributed by atoms with Crippen molar-refractivity contribution in [3.05, 3.63) is 76.6 Å². The Balaban J connectivity index is -0.000000322. The zero-order chi connectivity index (χ0) is 91.8. The second-order valence-corrected chi connectivity index (χ2v) is 32.9. The zero-order valence-corrected chi connectivity index (χ0v) is 77.6. The number of nitrogens with zero attached hydrogens (tertiary/aromatic N) is 4. The first kappa shape index (κ1) is 121. The molecule has 0 bridgehead atoms. The molecule has 119 heavy (non-hydrogen) atoms. The van der Waals surface area contributed by atoms with E-state index >= 15 is 0 Å². The molecule has 5 heterocycles. The van der Waals surface area contributed by atoms with Crippen LogP contribution in [0.3, 0.4) is 0 Å². The van der Waals surface area contributed by atoms with Crippen LogP contribution in [0.2, 0.25) is 0 Å². The summed E-state index contributed by atoms with van der Waals surface area (Å²) < 4.78 is 96.5. The minimum absolute atomic E-state index is 0. The summed E-state index contributed by atoms with van der Waals surface area (Å²) in [4.78, 5) is 160. The maximum absolute atomic E-state index is 12.5. The first-order valence-electron chi connectivity index (χ1n) is 38.1. The van der Waals surface area contributed by atoms with Gasteiger partial charge >= 0.3 is 100 Å². The molecule has 5 aliphatic heterocycles. The Hall–Kier alpha value is -8.41. The molecule has 0 aliphatic carbocycles. The van der Waals surface area contributed by atoms with Gasteiger partial charge in [-0.2, -0.15) is 69.5 Å². The molecule has 0 saturated carbocycles. The summed E-state index contributed by atoms with van der Waals surface area (Å²) in [6.07, 6.45) is 3.87. The third kappa shape index (κ3) is 48.6. The summed E-state index contributed by atoms with van der Waals surface area (Å²) in [5.41, 5.74) is -2.11. The Kier molecular flexibility index (Phi) is 62.2. The molecule has 3 saturated heterocycles. The number of likely N-dealkylation sites (tertiary alicyclic amines) is 2. The number of ketones is 2. The monoisotopic (exact) mass is 1740 g/mol. The molecule has 2 aromatic rings. The van der Waals surface area contributed by atoms with Crippen molar-refractivity contribution in [3.8, 4) is 11.5 Å². The average Bonchev–Trinajstić information content (AvgIpc) is 0.807. The summed E-state index contributed by atoms with van der Waals surface area (Å²) in [6, 6.07) is 16.5. The van der Waals surface area contributed by atoms with Gasteiger partial charge in [0.15, 0.2) is 0 Å². The van der Waals surface area contributed by atoms with Gasteiger partial charge in [-0.3, -0.25) is 9.59 Å². The van der Waals surface area contributed by atoms with Gasteiger partial charge in [0.05, 0.1) is 14.2 Å². The molecule has 0 aromatic heterocycles. The third-order valence-corrected chi connectivity index (χ3v) is 18.4. The minimum atomic E-state index is -5.73. The summed E-state index contributed by atoms with van der Waals surface area (Å²) in [5, 5.41) is 12.2. The van der Waals surface area contributed by atoms with E-state index in [2.05, 4.69) is 68.4 Å². The van der Waals surface area contributed by atoms with Gasteiger partial charge in [-0.15, -0.1) is 19.0 Å². The number of ether oxygens (including phenoxy) is 6. The second kappa shape index (κ2) is 61.0. The molecule has 670 valence electrons. The number of rotatable bonds is 11. The third-order valence-electron chi connectivity index (χ3n) is 17.4. The van der Waals surface area contributed by atoms with Crippen LogP contribution in [0.15, 0.2) is 65.4 Å². The molecule has 0 radical (unpaired) electrons. The van der Waals surface area contributed by atoms with Gasteiger partial charge in [0.2, 0.25) is 0 Å². The van der Waals surface area contributed by atoms with Crippen molar-refractivity contribution in [1.82, 2.24) is 24.9 Å². The average molecular weight is 1750 g/mol. The molecule has 4 amide bonds. The minimum Gasteiger partial charge on any atom is -0.855 e. The molecule has 5 aliphatic rings. The van der Waals surface area contributed by atoms with Crippen molar-refractivity contribution < 1.29 is 166 Å². The van der Waals surface area contributed by atoms with Gasteiger partial charge in [-0.05, 0) is 185 Å². The van der Waals surface area contributed by atoms with E-state index in [4.69, 9.17) is 81.5 Å². The topological polar surface area (TPSA) is 420 Å². The molecular formula is C82H126ClF3N5NaO26S. The van der Waals surface area contributed by atoms with Crippen molar-refractivity contribution in [1.29, 1.82) is 0 Å². The van der Waals surface area contributed by atoms with Gasteiger partial charge in [0.1, 0.15) is 51.2 Å². The summed E-state index contributed by atoms with van der Waals surface area (Å²) in [7, 11) is -2.37. The number of benzene rings is 2. The normalized spacial score (nSPS) is 19.9. The van der Waals surface area contributed by atoms with Crippen LogP contribution in [-0.2, 0) is 90.8 Å². The van der Waals surface area contributed by atoms with Gasteiger partial charge in [0.25, 0.3) is 0 Å². The molecule has 7 rings (SSSR count). The second-order valence-electron chi connectivity index (χ2n) is 31.3. The predicted molar refractivity (Wildman–Crippen MR) is 423 cm³/mol. The Morgan fingerprint density at radius 1 is 0.479 bits per heavy atom. The first-order valence-corrected chi connectivity index (χ1v) is 39.5. The van der Waals surface area contributed by atoms with Crippen molar-refractivity contribution in [2.45, 2.75) is 225 Å². The van der Waals surface area contributed by atoms with Crippen molar-refractivity contribution in [2.24, 2.45) is 47.3 Å². The fraction of sp³-hybridized carbons (Fsp3) is 0.671. The van der Waals surface area contributed by atoms with E-state index in [1.54, 1.807) is 53.7 Å². The predicted octanol–water partition coefficient (Wildman–Crippen LogP) is 10.0. The van der Waals surface area contributed by atoms with Gasteiger partial charge in [-0.1, -0.05) is 107 Å². The number of Topliss-reactive ketones (excluding diaryl/α,β-unsaturated/α-hetero) is 2. The maximum Gasteiger partial charge on any atom is 1.00 e. The molecule has 31 nitrogen and oxygen atoms in total. The van der Waals surface area contributed by atoms with Crippen LogP contribution >= 0.6 is 12.4 Å². The number of halogens is 4. The molecule has 7 unspecified atom stereocenters. The van der Waals surface area contributed by atoms with Crippen LogP contribution in [-0.4, -0.2) is 209 Å². The molecule has 1 N–H and O–H groups in total. The molecule has 3 fully saturated rings. The van der Waals surface area contributed by atoms with Gasteiger partial charge in [0, 0.05) is 95.0 Å². The Labute approximate surface area is 727 Å². The van der Waals surface area contributed by atoms with E-state index in [1.165, 1.54) is 34.1 Å². The number of carbonyl (C=O) groups is 6. The van der Waals surface area contributed by atoms with E-state index < -0.39 is 50.0 Å². The Bertz CT molecular complexity index is 3650. The van der Waals surface area contributed by atoms with Crippen LogP contribution in [0.4, 0.5) is 32.3 Å². The van der Waals surface area contributed by atoms with E-state index in [0.29, 0.717) is 55.3 Å². The van der Waals surface area contributed by atoms with Crippen molar-refractivity contribution >= 4 is 94.8 Å². The van der Waals surface area contributed by atoms with Gasteiger partial charge < -0.3 is 62.6 Å². The fourth-order valence-electron chi connectivity index (χ4n) is 12.5. The first-order chi connectivity index (χ1) is 54.2. The maximum atomic E-state index is 12.5. The van der Waals surface area contributed by atoms with Gasteiger partial charge in [-0.25, -0.2) is 19.2 Å². The van der Waals surface area contributed by atoms with E-state index in [-0.39, 0.29) is 158 Å². The molecule has 2 aromatic carbocycles. The number of piperidine rings is 3. The molecule has 37 heteroatoms. The number of methoxy groups -OCH3 is 2. The number of hydrogen-bond donors (Lipinski definition) is 1. The molecular weight excluding hydrogens is 1620 g/mol. The number of amides is 4. The Morgan fingerprint density at radius 3 is 1.15 bits per heavy atom. The zero-order valence-electron chi connectivity index (χ0n) is 74.0. The van der Waals surface area contributed by atoms with Crippen LogP contribution in [0, 0.1) is 47.3 Å². The van der Waals surface area contributed by atoms with Crippen LogP contribution < -0.4 is 49.5 Å². The van der Waals surface area contributed by atoms with E-state index in [1.807, 2.05) is 117 Å². The fourth-order valence-corrected chi connectivity index (χ4v) is 13.1. The molecule has 0 spiro atoms. The number of hydrogen-bond acceptors (Lipinski definition) is 27. The quantitative estimate of drug-likeness (QED) is 0.0945. The standard InChI is InChI=1S/C20H31NO3.C20H29NO3.C14H22F3NO5S.C13H23NO3.C8H15NO.C2H5O.5CO2.ClH.Na/c2*1-7-15-13-21(19(22)24-20(3,4)5)12-14(2)18(15)16-8-10-17(23-6)11-9-16;1-6-10-8-18(12(19)22-13(3,4)5)7-9(2)11(10)23-24(20,21)14(15,16)17;1-6-10-8-14(7-9(2)11(10)15)12(16)17-13(3,4)5;1-3-7-5-9-4-6(2)8(7)10;1-2-3;5*2-1-3;;/h8-11,14-15,18H,7,12-13H2,1-6H3;8-11,14H,7,12-13H2,1-6H3;9H,6-8H2,1-5H3;9-10H,6-8H2,1-5H3;6-7,9H,3-5H2,1-2H3;2H2,1H3;;;;;;1H;/q;;;;;-1;;;;;;;+1/t14?,15-,18+;;;;;;;;;;;;/m0............/s1. The number of carbonyl (C=O) groups excluding carboxylic acids is 16. The summed E-state index contributed by atoms with van der Waals surface area (Å²) >= 11 is 0. The Morgan fingerprint density at radius 2 is 0.815 bits per heavy atom.